The van der Waals surface area contributed by atoms with Crippen LogP contribution in [0.2, 0.25) is 0 Å². The SMILES string of the molecule is CC(O)c1cccc(F)c1N1CCCNC(=O)C1. The van der Waals surface area contributed by atoms with Gasteiger partial charge in [-0.15, -0.1) is 0 Å². The normalized spacial score (nSPS) is 18.2. The molecular formula is C13H17FN2O2. The highest BCUT2D eigenvalue weighted by atomic mass is 19.1. The summed E-state index contributed by atoms with van der Waals surface area (Å²) in [6, 6.07) is 4.61. The molecule has 1 saturated heterocycles. The number of hydrogen-bond acceptors (Lipinski definition) is 3. The van der Waals surface area contributed by atoms with Crippen LogP contribution in [0.25, 0.3) is 0 Å². The highest BCUT2D eigenvalue weighted by molar-refractivity contribution is 5.82. The maximum atomic E-state index is 14.0. The lowest BCUT2D eigenvalue weighted by Crippen LogP contribution is -2.34. The minimum atomic E-state index is -0.762. The number of nitrogens with one attached hydrogen (secondary N) is 1. The van der Waals surface area contributed by atoms with Gasteiger partial charge in [0.15, 0.2) is 0 Å². The molecule has 18 heavy (non-hydrogen) atoms. The number of carbonyl (C=O) groups is 1. The van der Waals surface area contributed by atoms with E-state index in [0.717, 1.165) is 6.42 Å². The van der Waals surface area contributed by atoms with Crippen LogP contribution in [0.3, 0.4) is 0 Å². The predicted octanol–water partition coefficient (Wildman–Crippen LogP) is 1.21. The highest BCUT2D eigenvalue weighted by Crippen LogP contribution is 2.29. The van der Waals surface area contributed by atoms with Crippen molar-refractivity contribution in [2.45, 2.75) is 19.4 Å². The summed E-state index contributed by atoms with van der Waals surface area (Å²) in [7, 11) is 0. The molecule has 1 aliphatic heterocycles. The topological polar surface area (TPSA) is 52.6 Å². The molecule has 98 valence electrons. The average Bonchev–Trinajstić information content (AvgIpc) is 2.53. The Morgan fingerprint density at radius 3 is 3.00 bits per heavy atom. The van der Waals surface area contributed by atoms with Gasteiger partial charge in [0.1, 0.15) is 5.82 Å². The van der Waals surface area contributed by atoms with Gasteiger partial charge in [0.25, 0.3) is 0 Å². The number of amides is 1. The third-order valence-corrected chi connectivity index (χ3v) is 3.05. The largest absolute Gasteiger partial charge is 0.389 e. The molecule has 1 amide bonds. The Hall–Kier alpha value is -1.62. The van der Waals surface area contributed by atoms with Crippen LogP contribution in [0, 0.1) is 5.82 Å². The monoisotopic (exact) mass is 252 g/mol. The molecule has 5 heteroatoms. The second kappa shape index (κ2) is 5.35. The van der Waals surface area contributed by atoms with E-state index in [9.17, 15) is 14.3 Å². The van der Waals surface area contributed by atoms with E-state index in [-0.39, 0.29) is 12.5 Å². The Labute approximate surface area is 105 Å². The number of nitrogens with zero attached hydrogens (tertiary/aromatic N) is 1. The van der Waals surface area contributed by atoms with Crippen LogP contribution < -0.4 is 10.2 Å². The van der Waals surface area contributed by atoms with E-state index >= 15 is 0 Å². The second-order valence-electron chi connectivity index (χ2n) is 4.48. The van der Waals surface area contributed by atoms with Gasteiger partial charge in [0, 0.05) is 18.7 Å². The zero-order chi connectivity index (χ0) is 13.1. The number of aliphatic hydroxyl groups excluding tert-OH is 1. The Bertz CT molecular complexity index is 449. The maximum absolute atomic E-state index is 14.0. The second-order valence-corrected chi connectivity index (χ2v) is 4.48. The van der Waals surface area contributed by atoms with Crippen molar-refractivity contribution in [3.05, 3.63) is 29.6 Å². The fourth-order valence-corrected chi connectivity index (χ4v) is 2.20. The molecule has 0 bridgehead atoms. The molecule has 0 radical (unpaired) electrons. The Kier molecular flexibility index (Phi) is 3.81. The first kappa shape index (κ1) is 12.8. The smallest absolute Gasteiger partial charge is 0.239 e. The summed E-state index contributed by atoms with van der Waals surface area (Å²) in [5.74, 6) is -0.518. The summed E-state index contributed by atoms with van der Waals surface area (Å²) < 4.78 is 14.0. The van der Waals surface area contributed by atoms with Crippen molar-refractivity contribution in [2.24, 2.45) is 0 Å². The molecule has 1 atom stereocenters. The number of aliphatic hydroxyl groups is 1. The molecule has 1 aromatic rings. The van der Waals surface area contributed by atoms with Gasteiger partial charge in [0.2, 0.25) is 5.91 Å². The zero-order valence-corrected chi connectivity index (χ0v) is 10.3. The molecule has 1 unspecified atom stereocenters. The molecule has 2 rings (SSSR count). The van der Waals surface area contributed by atoms with Crippen molar-refractivity contribution in [3.63, 3.8) is 0 Å². The van der Waals surface area contributed by atoms with Crippen LogP contribution in [0.5, 0.6) is 0 Å². The molecule has 0 aliphatic carbocycles. The van der Waals surface area contributed by atoms with Crippen LogP contribution in [0.1, 0.15) is 25.0 Å². The van der Waals surface area contributed by atoms with Crippen molar-refractivity contribution >= 4 is 11.6 Å². The van der Waals surface area contributed by atoms with E-state index < -0.39 is 11.9 Å². The van der Waals surface area contributed by atoms with Gasteiger partial charge < -0.3 is 15.3 Å². The van der Waals surface area contributed by atoms with Crippen molar-refractivity contribution in [3.8, 4) is 0 Å². The molecule has 0 aromatic heterocycles. The lowest BCUT2D eigenvalue weighted by molar-refractivity contribution is -0.119. The quantitative estimate of drug-likeness (QED) is 0.831. The average molecular weight is 252 g/mol. The van der Waals surface area contributed by atoms with Gasteiger partial charge in [-0.05, 0) is 19.4 Å². The van der Waals surface area contributed by atoms with Gasteiger partial charge in [0.05, 0.1) is 18.3 Å². The van der Waals surface area contributed by atoms with Gasteiger partial charge in [-0.25, -0.2) is 4.39 Å². The van der Waals surface area contributed by atoms with Crippen molar-refractivity contribution in [1.29, 1.82) is 0 Å². The van der Waals surface area contributed by atoms with Crippen molar-refractivity contribution < 1.29 is 14.3 Å². The number of anilines is 1. The number of benzene rings is 1. The zero-order valence-electron chi connectivity index (χ0n) is 10.3. The number of halogens is 1. The van der Waals surface area contributed by atoms with Crippen molar-refractivity contribution in [2.75, 3.05) is 24.5 Å². The maximum Gasteiger partial charge on any atom is 0.239 e. The van der Waals surface area contributed by atoms with E-state index in [1.165, 1.54) is 6.07 Å². The summed E-state index contributed by atoms with van der Waals surface area (Å²) in [6.45, 7) is 2.92. The standard InChI is InChI=1S/C13H17FN2O2/c1-9(17)10-4-2-5-11(14)13(10)16-7-3-6-15-12(18)8-16/h2,4-5,9,17H,3,6-8H2,1H3,(H,15,18). The summed E-state index contributed by atoms with van der Waals surface area (Å²) in [4.78, 5) is 13.2. The first-order valence-corrected chi connectivity index (χ1v) is 6.07. The fraction of sp³-hybridized carbons (Fsp3) is 0.462. The van der Waals surface area contributed by atoms with Gasteiger partial charge >= 0.3 is 0 Å². The minimum Gasteiger partial charge on any atom is -0.389 e. The molecule has 1 aliphatic rings. The van der Waals surface area contributed by atoms with E-state index in [1.54, 1.807) is 24.0 Å². The highest BCUT2D eigenvalue weighted by Gasteiger charge is 2.22. The van der Waals surface area contributed by atoms with Crippen LogP contribution in [-0.2, 0) is 4.79 Å². The molecule has 0 spiro atoms. The third-order valence-electron chi connectivity index (χ3n) is 3.05. The number of hydrogen-bond donors (Lipinski definition) is 2. The van der Waals surface area contributed by atoms with Crippen LogP contribution in [0.15, 0.2) is 18.2 Å². The molecule has 0 saturated carbocycles. The molecule has 1 fully saturated rings. The summed E-state index contributed by atoms with van der Waals surface area (Å²) in [5, 5.41) is 12.4. The summed E-state index contributed by atoms with van der Waals surface area (Å²) in [5.41, 5.74) is 0.856. The van der Waals surface area contributed by atoms with Gasteiger partial charge in [-0.1, -0.05) is 12.1 Å². The van der Waals surface area contributed by atoms with E-state index in [4.69, 9.17) is 0 Å². The van der Waals surface area contributed by atoms with E-state index in [0.29, 0.717) is 24.3 Å². The first-order valence-electron chi connectivity index (χ1n) is 6.07. The predicted molar refractivity (Wildman–Crippen MR) is 66.9 cm³/mol. The van der Waals surface area contributed by atoms with Crippen LogP contribution in [-0.4, -0.2) is 30.6 Å². The third kappa shape index (κ3) is 2.61. The Morgan fingerprint density at radius 2 is 2.28 bits per heavy atom. The van der Waals surface area contributed by atoms with Crippen LogP contribution >= 0.6 is 0 Å². The van der Waals surface area contributed by atoms with Gasteiger partial charge in [-0.3, -0.25) is 4.79 Å². The van der Waals surface area contributed by atoms with Crippen LogP contribution in [0.4, 0.5) is 10.1 Å². The number of carbonyl (C=O) groups excluding carboxylic acids is 1. The molecule has 2 N–H and O–H groups in total. The number of rotatable bonds is 2. The van der Waals surface area contributed by atoms with E-state index in [1.807, 2.05) is 0 Å². The minimum absolute atomic E-state index is 0.118. The molecule has 4 nitrogen and oxygen atoms in total. The summed E-state index contributed by atoms with van der Waals surface area (Å²) in [6.07, 6.45) is 0.00119. The fourth-order valence-electron chi connectivity index (χ4n) is 2.20. The van der Waals surface area contributed by atoms with E-state index in [2.05, 4.69) is 5.32 Å². The Balaban J connectivity index is 2.39. The summed E-state index contributed by atoms with van der Waals surface area (Å²) >= 11 is 0. The van der Waals surface area contributed by atoms with Crippen molar-refractivity contribution in [1.82, 2.24) is 5.32 Å². The van der Waals surface area contributed by atoms with Gasteiger partial charge in [-0.2, -0.15) is 0 Å². The first-order chi connectivity index (χ1) is 8.59. The molecule has 1 aromatic carbocycles. The molecule has 1 heterocycles. The molecular weight excluding hydrogens is 235 g/mol. The number of para-hydroxylation sites is 1. The lowest BCUT2D eigenvalue weighted by atomic mass is 10.1. The Morgan fingerprint density at radius 1 is 1.50 bits per heavy atom. The lowest BCUT2D eigenvalue weighted by Gasteiger charge is -2.25.